The summed E-state index contributed by atoms with van der Waals surface area (Å²) in [7, 11) is 0. The van der Waals surface area contributed by atoms with Gasteiger partial charge >= 0.3 is 0 Å². The molecule has 0 fully saturated rings. The Morgan fingerprint density at radius 3 is 2.05 bits per heavy atom. The topological polar surface area (TPSA) is 20.2 Å². The van der Waals surface area contributed by atoms with Gasteiger partial charge in [-0.15, -0.1) is 0 Å². The fourth-order valence-corrected chi connectivity index (χ4v) is 2.14. The molecular formula is C18H22O. The van der Waals surface area contributed by atoms with Gasteiger partial charge in [-0.25, -0.2) is 0 Å². The molecule has 19 heavy (non-hydrogen) atoms. The molecule has 0 amide bonds. The minimum atomic E-state index is -0.798. The molecule has 0 spiro atoms. The van der Waals surface area contributed by atoms with Gasteiger partial charge in [0.25, 0.3) is 0 Å². The van der Waals surface area contributed by atoms with E-state index in [-0.39, 0.29) is 0 Å². The minimum absolute atomic E-state index is 0.553. The Labute approximate surface area is 115 Å². The van der Waals surface area contributed by atoms with Crippen molar-refractivity contribution in [3.8, 4) is 11.1 Å². The maximum atomic E-state index is 10.1. The Hall–Kier alpha value is -1.60. The zero-order chi connectivity index (χ0) is 14.0. The van der Waals surface area contributed by atoms with Gasteiger partial charge in [0.15, 0.2) is 0 Å². The van der Waals surface area contributed by atoms with Crippen LogP contribution in [0.2, 0.25) is 0 Å². The summed E-state index contributed by atoms with van der Waals surface area (Å²) >= 11 is 0. The first-order valence-corrected chi connectivity index (χ1v) is 6.81. The van der Waals surface area contributed by atoms with E-state index in [1.807, 2.05) is 26.0 Å². The van der Waals surface area contributed by atoms with Crippen molar-refractivity contribution in [1.29, 1.82) is 0 Å². The van der Waals surface area contributed by atoms with Crippen LogP contribution in [0.25, 0.3) is 11.1 Å². The van der Waals surface area contributed by atoms with Crippen LogP contribution in [-0.4, -0.2) is 5.11 Å². The fourth-order valence-electron chi connectivity index (χ4n) is 2.14. The Kier molecular flexibility index (Phi) is 3.77. The van der Waals surface area contributed by atoms with Crippen molar-refractivity contribution in [3.05, 3.63) is 59.7 Å². The van der Waals surface area contributed by atoms with Crippen LogP contribution in [0.1, 0.15) is 44.7 Å². The molecule has 0 aliphatic carbocycles. The third kappa shape index (κ3) is 3.24. The van der Waals surface area contributed by atoms with Gasteiger partial charge in [-0.2, -0.15) is 0 Å². The van der Waals surface area contributed by atoms with Crippen LogP contribution in [0, 0.1) is 0 Å². The number of aliphatic hydroxyl groups is 1. The van der Waals surface area contributed by atoms with Crippen LogP contribution in [0.3, 0.4) is 0 Å². The molecule has 0 aliphatic rings. The van der Waals surface area contributed by atoms with E-state index < -0.39 is 5.60 Å². The van der Waals surface area contributed by atoms with Gasteiger partial charge in [-0.1, -0.05) is 56.3 Å². The highest BCUT2D eigenvalue weighted by Gasteiger charge is 2.16. The summed E-state index contributed by atoms with van der Waals surface area (Å²) in [4.78, 5) is 0. The third-order valence-electron chi connectivity index (χ3n) is 3.48. The van der Waals surface area contributed by atoms with Crippen LogP contribution >= 0.6 is 0 Å². The van der Waals surface area contributed by atoms with E-state index in [1.54, 1.807) is 0 Å². The Morgan fingerprint density at radius 1 is 0.895 bits per heavy atom. The standard InChI is InChI=1S/C18H22O/c1-13(2)14-8-10-15(11-9-14)16-6-5-7-17(12-16)18(3,4)19/h5-13,19H,1-4H3. The SMILES string of the molecule is CC(C)c1ccc(-c2cccc(C(C)(C)O)c2)cc1. The number of rotatable bonds is 3. The normalized spacial score (nSPS) is 11.9. The van der Waals surface area contributed by atoms with Gasteiger partial charge in [0.2, 0.25) is 0 Å². The molecule has 1 heteroatoms. The van der Waals surface area contributed by atoms with Gasteiger partial charge < -0.3 is 5.11 Å². The van der Waals surface area contributed by atoms with Crippen molar-refractivity contribution in [3.63, 3.8) is 0 Å². The molecule has 0 heterocycles. The van der Waals surface area contributed by atoms with E-state index in [9.17, 15) is 5.11 Å². The van der Waals surface area contributed by atoms with Crippen LogP contribution in [0.5, 0.6) is 0 Å². The zero-order valence-electron chi connectivity index (χ0n) is 12.1. The molecule has 0 atom stereocenters. The molecule has 0 saturated heterocycles. The van der Waals surface area contributed by atoms with E-state index in [4.69, 9.17) is 0 Å². The van der Waals surface area contributed by atoms with Gasteiger partial charge in [-0.05, 0) is 48.1 Å². The van der Waals surface area contributed by atoms with Gasteiger partial charge in [0.05, 0.1) is 5.60 Å². The van der Waals surface area contributed by atoms with Gasteiger partial charge in [0.1, 0.15) is 0 Å². The summed E-state index contributed by atoms with van der Waals surface area (Å²) < 4.78 is 0. The van der Waals surface area contributed by atoms with Gasteiger partial charge in [0, 0.05) is 0 Å². The summed E-state index contributed by atoms with van der Waals surface area (Å²) in [6, 6.07) is 16.8. The lowest BCUT2D eigenvalue weighted by Gasteiger charge is -2.18. The maximum Gasteiger partial charge on any atom is 0.0840 e. The van der Waals surface area contributed by atoms with Crippen LogP contribution in [0.15, 0.2) is 48.5 Å². The monoisotopic (exact) mass is 254 g/mol. The van der Waals surface area contributed by atoms with E-state index in [2.05, 4.69) is 50.2 Å². The van der Waals surface area contributed by atoms with Crippen molar-refractivity contribution in [2.24, 2.45) is 0 Å². The maximum absolute atomic E-state index is 10.1. The molecule has 0 radical (unpaired) electrons. The quantitative estimate of drug-likeness (QED) is 0.841. The lowest BCUT2D eigenvalue weighted by molar-refractivity contribution is 0.0786. The van der Waals surface area contributed by atoms with E-state index in [0.29, 0.717) is 5.92 Å². The van der Waals surface area contributed by atoms with Gasteiger partial charge in [-0.3, -0.25) is 0 Å². The summed E-state index contributed by atoms with van der Waals surface area (Å²) in [5.74, 6) is 0.553. The van der Waals surface area contributed by atoms with Crippen molar-refractivity contribution in [1.82, 2.24) is 0 Å². The summed E-state index contributed by atoms with van der Waals surface area (Å²) in [6.45, 7) is 8.02. The van der Waals surface area contributed by atoms with Crippen molar-refractivity contribution in [2.75, 3.05) is 0 Å². The highest BCUT2D eigenvalue weighted by atomic mass is 16.3. The second-order valence-electron chi connectivity index (χ2n) is 5.92. The van der Waals surface area contributed by atoms with Crippen LogP contribution < -0.4 is 0 Å². The minimum Gasteiger partial charge on any atom is -0.386 e. The largest absolute Gasteiger partial charge is 0.386 e. The third-order valence-corrected chi connectivity index (χ3v) is 3.48. The molecule has 0 aliphatic heterocycles. The second-order valence-corrected chi connectivity index (χ2v) is 5.92. The van der Waals surface area contributed by atoms with E-state index >= 15 is 0 Å². The number of benzene rings is 2. The average molecular weight is 254 g/mol. The Bertz CT molecular complexity index is 545. The number of hydrogen-bond donors (Lipinski definition) is 1. The van der Waals surface area contributed by atoms with E-state index in [1.165, 1.54) is 11.1 Å². The molecule has 1 N–H and O–H groups in total. The predicted octanol–water partition coefficient (Wildman–Crippen LogP) is 4.70. The molecule has 0 saturated carbocycles. The molecular weight excluding hydrogens is 232 g/mol. The highest BCUT2D eigenvalue weighted by molar-refractivity contribution is 5.64. The number of hydrogen-bond acceptors (Lipinski definition) is 1. The Balaban J connectivity index is 2.37. The van der Waals surface area contributed by atoms with Crippen LogP contribution in [-0.2, 0) is 5.60 Å². The first-order chi connectivity index (χ1) is 8.88. The molecule has 1 nitrogen and oxygen atoms in total. The lowest BCUT2D eigenvalue weighted by atomic mass is 9.93. The summed E-state index contributed by atoms with van der Waals surface area (Å²) in [5.41, 5.74) is 3.83. The summed E-state index contributed by atoms with van der Waals surface area (Å²) in [5, 5.41) is 10.1. The van der Waals surface area contributed by atoms with E-state index in [0.717, 1.165) is 11.1 Å². The molecule has 0 bridgehead atoms. The molecule has 100 valence electrons. The molecule has 2 aromatic rings. The first kappa shape index (κ1) is 13.8. The zero-order valence-corrected chi connectivity index (χ0v) is 12.1. The summed E-state index contributed by atoms with van der Waals surface area (Å²) in [6.07, 6.45) is 0. The Morgan fingerprint density at radius 2 is 1.53 bits per heavy atom. The smallest absolute Gasteiger partial charge is 0.0840 e. The van der Waals surface area contributed by atoms with Crippen molar-refractivity contribution < 1.29 is 5.11 Å². The van der Waals surface area contributed by atoms with Crippen LogP contribution in [0.4, 0.5) is 0 Å². The second kappa shape index (κ2) is 5.18. The predicted molar refractivity (Wildman–Crippen MR) is 81.2 cm³/mol. The molecule has 0 aromatic heterocycles. The highest BCUT2D eigenvalue weighted by Crippen LogP contribution is 2.27. The van der Waals surface area contributed by atoms with Crippen molar-refractivity contribution >= 4 is 0 Å². The first-order valence-electron chi connectivity index (χ1n) is 6.81. The van der Waals surface area contributed by atoms with Crippen molar-refractivity contribution in [2.45, 2.75) is 39.2 Å². The molecule has 2 aromatic carbocycles. The molecule has 0 unspecified atom stereocenters. The average Bonchev–Trinajstić information content (AvgIpc) is 2.38. The molecule has 2 rings (SSSR count). The lowest BCUT2D eigenvalue weighted by Crippen LogP contribution is -2.15. The fraction of sp³-hybridized carbons (Fsp3) is 0.333.